The molecule has 0 aromatic rings. The lowest BCUT2D eigenvalue weighted by Gasteiger charge is -2.32. The summed E-state index contributed by atoms with van der Waals surface area (Å²) in [4.78, 5) is 2.21. The van der Waals surface area contributed by atoms with E-state index >= 15 is 0 Å². The molecule has 0 saturated carbocycles. The van der Waals surface area contributed by atoms with Gasteiger partial charge in [0.25, 0.3) is 0 Å². The monoisotopic (exact) mass is 255 g/mol. The summed E-state index contributed by atoms with van der Waals surface area (Å²) in [6.45, 7) is 9.59. The Bertz CT molecular complexity index is 342. The molecule has 0 spiro atoms. The van der Waals surface area contributed by atoms with Crippen LogP contribution in [0.2, 0.25) is 0 Å². The van der Waals surface area contributed by atoms with Crippen LogP contribution >= 0.6 is 0 Å². The Kier molecular flexibility index (Phi) is 3.60. The highest BCUT2D eigenvalue weighted by Crippen LogP contribution is 2.40. The molecular formula is C13H23BFNO2. The summed E-state index contributed by atoms with van der Waals surface area (Å²) < 4.78 is 25.9. The van der Waals surface area contributed by atoms with Gasteiger partial charge in [-0.1, -0.05) is 0 Å². The molecule has 0 unspecified atom stereocenters. The number of halogens is 1. The van der Waals surface area contributed by atoms with E-state index in [9.17, 15) is 4.39 Å². The SMILES string of the molecule is CN1CCC(=C(F)B2OC(C)(C)C(C)(C)O2)CC1. The van der Waals surface area contributed by atoms with E-state index in [1.54, 1.807) is 0 Å². The van der Waals surface area contributed by atoms with E-state index in [2.05, 4.69) is 11.9 Å². The topological polar surface area (TPSA) is 21.7 Å². The van der Waals surface area contributed by atoms with Gasteiger partial charge in [-0.3, -0.25) is 0 Å². The smallest absolute Gasteiger partial charge is 0.398 e. The molecule has 2 saturated heterocycles. The Morgan fingerprint density at radius 3 is 2.00 bits per heavy atom. The standard InChI is InChI=1S/C13H23BFNO2/c1-12(2)13(3,4)18-14(17-12)11(15)10-6-8-16(5)9-7-10/h6-9H2,1-5H3. The molecule has 0 amide bonds. The molecule has 2 aliphatic heterocycles. The second kappa shape index (κ2) is 4.62. The molecule has 5 heteroatoms. The van der Waals surface area contributed by atoms with Crippen molar-refractivity contribution in [2.24, 2.45) is 0 Å². The van der Waals surface area contributed by atoms with Gasteiger partial charge < -0.3 is 14.2 Å². The van der Waals surface area contributed by atoms with E-state index in [1.165, 1.54) is 0 Å². The van der Waals surface area contributed by atoms with Crippen LogP contribution in [-0.4, -0.2) is 43.4 Å². The van der Waals surface area contributed by atoms with Crippen LogP contribution in [0.3, 0.4) is 0 Å². The summed E-state index contributed by atoms with van der Waals surface area (Å²) in [5.41, 5.74) is -0.296. The quantitative estimate of drug-likeness (QED) is 0.672. The summed E-state index contributed by atoms with van der Waals surface area (Å²) in [5, 5.41) is 0. The molecule has 0 atom stereocenters. The summed E-state index contributed by atoms with van der Waals surface area (Å²) in [6, 6.07) is 0. The van der Waals surface area contributed by atoms with Gasteiger partial charge in [0.05, 0.1) is 11.2 Å². The second-order valence-electron chi connectivity index (χ2n) is 6.34. The van der Waals surface area contributed by atoms with Gasteiger partial charge in [-0.25, -0.2) is 4.39 Å². The van der Waals surface area contributed by atoms with Crippen LogP contribution in [0.15, 0.2) is 11.3 Å². The number of piperidine rings is 1. The summed E-state index contributed by atoms with van der Waals surface area (Å²) >= 11 is 0. The number of rotatable bonds is 1. The van der Waals surface area contributed by atoms with Crippen LogP contribution in [0, 0.1) is 0 Å². The van der Waals surface area contributed by atoms with Crippen molar-refractivity contribution in [1.29, 1.82) is 0 Å². The molecule has 102 valence electrons. The number of likely N-dealkylation sites (tertiary alicyclic amines) is 1. The largest absolute Gasteiger partial charge is 0.525 e. The van der Waals surface area contributed by atoms with Crippen LogP contribution in [0.25, 0.3) is 0 Å². The zero-order valence-corrected chi connectivity index (χ0v) is 12.0. The van der Waals surface area contributed by atoms with Crippen molar-refractivity contribution in [3.05, 3.63) is 11.3 Å². The average molecular weight is 255 g/mol. The van der Waals surface area contributed by atoms with Gasteiger partial charge in [0.2, 0.25) is 0 Å². The molecule has 2 fully saturated rings. The van der Waals surface area contributed by atoms with Crippen LogP contribution in [0.1, 0.15) is 40.5 Å². The van der Waals surface area contributed by atoms with E-state index in [-0.39, 0.29) is 5.73 Å². The average Bonchev–Trinajstić information content (AvgIpc) is 2.48. The molecular weight excluding hydrogens is 232 g/mol. The third kappa shape index (κ3) is 2.49. The molecule has 0 aromatic heterocycles. The van der Waals surface area contributed by atoms with Crippen LogP contribution in [0.5, 0.6) is 0 Å². The fourth-order valence-corrected chi connectivity index (χ4v) is 2.24. The van der Waals surface area contributed by atoms with Crippen molar-refractivity contribution in [3.8, 4) is 0 Å². The number of hydrogen-bond acceptors (Lipinski definition) is 3. The fraction of sp³-hybridized carbons (Fsp3) is 0.846. The Balaban J connectivity index is 2.12. The van der Waals surface area contributed by atoms with Crippen molar-refractivity contribution >= 4 is 7.12 Å². The van der Waals surface area contributed by atoms with Crippen LogP contribution in [0.4, 0.5) is 4.39 Å². The number of hydrogen-bond donors (Lipinski definition) is 0. The van der Waals surface area contributed by atoms with E-state index < -0.39 is 18.3 Å². The van der Waals surface area contributed by atoms with Crippen molar-refractivity contribution in [1.82, 2.24) is 4.90 Å². The molecule has 18 heavy (non-hydrogen) atoms. The van der Waals surface area contributed by atoms with Gasteiger partial charge in [-0.05, 0) is 53.2 Å². The zero-order valence-electron chi connectivity index (χ0n) is 12.0. The minimum atomic E-state index is -0.826. The zero-order chi connectivity index (χ0) is 13.6. The highest BCUT2D eigenvalue weighted by molar-refractivity contribution is 6.53. The molecule has 2 heterocycles. The highest BCUT2D eigenvalue weighted by Gasteiger charge is 2.53. The first kappa shape index (κ1) is 14.0. The molecule has 0 radical (unpaired) electrons. The predicted octanol–water partition coefficient (Wildman–Crippen LogP) is 2.57. The van der Waals surface area contributed by atoms with Crippen LogP contribution in [-0.2, 0) is 9.31 Å². The third-order valence-electron chi connectivity index (χ3n) is 4.39. The van der Waals surface area contributed by atoms with E-state index in [4.69, 9.17) is 9.31 Å². The first-order valence-corrected chi connectivity index (χ1v) is 6.64. The van der Waals surface area contributed by atoms with Crippen molar-refractivity contribution in [2.45, 2.75) is 51.7 Å². The predicted molar refractivity (Wildman–Crippen MR) is 70.9 cm³/mol. The van der Waals surface area contributed by atoms with Crippen molar-refractivity contribution < 1.29 is 13.7 Å². The summed E-state index contributed by atoms with van der Waals surface area (Å²) in [6.07, 6.45) is 1.54. The molecule has 0 N–H and O–H groups in total. The van der Waals surface area contributed by atoms with Crippen molar-refractivity contribution in [3.63, 3.8) is 0 Å². The Morgan fingerprint density at radius 2 is 1.56 bits per heavy atom. The normalized spacial score (nSPS) is 27.7. The molecule has 3 nitrogen and oxygen atoms in total. The van der Waals surface area contributed by atoms with E-state index in [1.807, 2.05) is 27.7 Å². The maximum absolute atomic E-state index is 14.4. The minimum absolute atomic E-state index is 0.207. The van der Waals surface area contributed by atoms with E-state index in [0.717, 1.165) is 31.5 Å². The second-order valence-corrected chi connectivity index (χ2v) is 6.34. The first-order chi connectivity index (χ1) is 8.23. The van der Waals surface area contributed by atoms with Crippen molar-refractivity contribution in [2.75, 3.05) is 20.1 Å². The minimum Gasteiger partial charge on any atom is -0.398 e. The van der Waals surface area contributed by atoms with Crippen LogP contribution < -0.4 is 0 Å². The molecule has 0 aliphatic carbocycles. The van der Waals surface area contributed by atoms with Gasteiger partial charge >= 0.3 is 7.12 Å². The van der Waals surface area contributed by atoms with Gasteiger partial charge in [0.15, 0.2) is 0 Å². The molecule has 2 rings (SSSR count). The Hall–Kier alpha value is -0.385. The van der Waals surface area contributed by atoms with Gasteiger partial charge in [-0.2, -0.15) is 0 Å². The Labute approximate surface area is 109 Å². The lowest BCUT2D eigenvalue weighted by atomic mass is 9.82. The third-order valence-corrected chi connectivity index (χ3v) is 4.39. The van der Waals surface area contributed by atoms with Gasteiger partial charge in [0, 0.05) is 13.1 Å². The molecule has 2 aliphatic rings. The lowest BCUT2D eigenvalue weighted by Crippen LogP contribution is -2.41. The lowest BCUT2D eigenvalue weighted by molar-refractivity contribution is 0.00578. The molecule has 0 aromatic carbocycles. The van der Waals surface area contributed by atoms with Gasteiger partial charge in [0.1, 0.15) is 5.73 Å². The van der Waals surface area contributed by atoms with E-state index in [0.29, 0.717) is 0 Å². The number of nitrogens with zero attached hydrogens (tertiary/aromatic N) is 1. The maximum Gasteiger partial charge on any atom is 0.525 e. The summed E-state index contributed by atoms with van der Waals surface area (Å²) in [7, 11) is 1.23. The molecule has 0 bridgehead atoms. The fourth-order valence-electron chi connectivity index (χ4n) is 2.24. The summed E-state index contributed by atoms with van der Waals surface area (Å²) in [5.74, 6) is 0. The van der Waals surface area contributed by atoms with Gasteiger partial charge in [-0.15, -0.1) is 0 Å². The first-order valence-electron chi connectivity index (χ1n) is 6.64. The maximum atomic E-state index is 14.4. The Morgan fingerprint density at radius 1 is 1.11 bits per heavy atom. The highest BCUT2D eigenvalue weighted by atomic mass is 19.1.